The van der Waals surface area contributed by atoms with Crippen LogP contribution < -0.4 is 4.74 Å². The lowest BCUT2D eigenvalue weighted by molar-refractivity contribution is 0.319. The number of phenolic OH excluding ortho intramolecular Hbond substituents is 1. The maximum Gasteiger partial charge on any atom is 0.162 e. The number of ether oxygens (including phenoxy) is 1. The Morgan fingerprint density at radius 3 is 2.93 bits per heavy atom. The first-order chi connectivity index (χ1) is 6.70. The van der Waals surface area contributed by atoms with Crippen molar-refractivity contribution in [3.8, 4) is 11.5 Å². The molecule has 0 atom stereocenters. The van der Waals surface area contributed by atoms with Gasteiger partial charge in [-0.2, -0.15) is 0 Å². The molecule has 0 bridgehead atoms. The van der Waals surface area contributed by atoms with Gasteiger partial charge in [0.25, 0.3) is 0 Å². The van der Waals surface area contributed by atoms with Gasteiger partial charge in [0.1, 0.15) is 0 Å². The van der Waals surface area contributed by atoms with Gasteiger partial charge in [-0.05, 0) is 24.4 Å². The Kier molecular flexibility index (Phi) is 2.52. The Balaban J connectivity index is 2.58. The van der Waals surface area contributed by atoms with E-state index in [-0.39, 0.29) is 5.75 Å². The topological polar surface area (TPSA) is 29.5 Å². The standard InChI is InChI=1S/C10H9ClO2S/c1-2-13-8-5-9-6(3-7(8)12)4-10(11)14-9/h3-5,12H,2H2,1H3. The van der Waals surface area contributed by atoms with Crippen LogP contribution in [0.25, 0.3) is 10.1 Å². The number of hydrogen-bond donors (Lipinski definition) is 1. The lowest BCUT2D eigenvalue weighted by Crippen LogP contribution is -1.90. The summed E-state index contributed by atoms with van der Waals surface area (Å²) < 4.78 is 7.01. The molecule has 0 spiro atoms. The summed E-state index contributed by atoms with van der Waals surface area (Å²) >= 11 is 7.34. The molecule has 0 saturated heterocycles. The fraction of sp³-hybridized carbons (Fsp3) is 0.200. The van der Waals surface area contributed by atoms with Crippen LogP contribution in [0.3, 0.4) is 0 Å². The minimum Gasteiger partial charge on any atom is -0.504 e. The van der Waals surface area contributed by atoms with E-state index in [0.29, 0.717) is 16.7 Å². The molecule has 0 saturated carbocycles. The van der Waals surface area contributed by atoms with Crippen molar-refractivity contribution in [3.05, 3.63) is 22.5 Å². The van der Waals surface area contributed by atoms with Gasteiger partial charge in [-0.25, -0.2) is 0 Å². The summed E-state index contributed by atoms with van der Waals surface area (Å²) in [7, 11) is 0. The number of benzene rings is 1. The lowest BCUT2D eigenvalue weighted by Gasteiger charge is -2.04. The predicted molar refractivity (Wildman–Crippen MR) is 59.7 cm³/mol. The molecule has 0 aliphatic rings. The zero-order valence-electron chi connectivity index (χ0n) is 7.58. The zero-order chi connectivity index (χ0) is 10.1. The highest BCUT2D eigenvalue weighted by Gasteiger charge is 2.07. The van der Waals surface area contributed by atoms with Crippen molar-refractivity contribution < 1.29 is 9.84 Å². The smallest absolute Gasteiger partial charge is 0.162 e. The Labute approximate surface area is 90.7 Å². The van der Waals surface area contributed by atoms with Gasteiger partial charge < -0.3 is 9.84 Å². The number of aromatic hydroxyl groups is 1. The second-order valence-corrected chi connectivity index (χ2v) is 4.56. The van der Waals surface area contributed by atoms with Crippen LogP contribution in [-0.2, 0) is 0 Å². The normalized spacial score (nSPS) is 10.7. The van der Waals surface area contributed by atoms with E-state index in [1.165, 1.54) is 11.3 Å². The number of halogens is 1. The first-order valence-electron chi connectivity index (χ1n) is 4.25. The number of rotatable bonds is 2. The third-order valence-corrected chi connectivity index (χ3v) is 3.09. The molecule has 0 amide bonds. The molecule has 2 rings (SSSR count). The quantitative estimate of drug-likeness (QED) is 0.850. The largest absolute Gasteiger partial charge is 0.504 e. The third kappa shape index (κ3) is 1.65. The van der Waals surface area contributed by atoms with Crippen LogP contribution in [0.5, 0.6) is 11.5 Å². The molecular formula is C10H9ClO2S. The highest BCUT2D eigenvalue weighted by atomic mass is 35.5. The molecule has 4 heteroatoms. The Morgan fingerprint density at radius 2 is 2.21 bits per heavy atom. The molecule has 74 valence electrons. The van der Waals surface area contributed by atoms with Crippen LogP contribution >= 0.6 is 22.9 Å². The molecule has 2 aromatic rings. The summed E-state index contributed by atoms with van der Waals surface area (Å²) in [4.78, 5) is 0. The van der Waals surface area contributed by atoms with Gasteiger partial charge in [0.05, 0.1) is 10.9 Å². The summed E-state index contributed by atoms with van der Waals surface area (Å²) in [5.74, 6) is 0.673. The van der Waals surface area contributed by atoms with Crippen LogP contribution in [0.4, 0.5) is 0 Å². The predicted octanol–water partition coefficient (Wildman–Crippen LogP) is 3.66. The molecule has 2 nitrogen and oxygen atoms in total. The van der Waals surface area contributed by atoms with Gasteiger partial charge in [-0.15, -0.1) is 11.3 Å². The average molecular weight is 229 g/mol. The van der Waals surface area contributed by atoms with Crippen molar-refractivity contribution in [1.29, 1.82) is 0 Å². The van der Waals surface area contributed by atoms with Gasteiger partial charge in [0, 0.05) is 10.8 Å². The number of fused-ring (bicyclic) bond motifs is 1. The molecule has 1 aromatic heterocycles. The molecule has 1 N–H and O–H groups in total. The highest BCUT2D eigenvalue weighted by molar-refractivity contribution is 7.22. The van der Waals surface area contributed by atoms with E-state index in [2.05, 4.69) is 0 Å². The molecular weight excluding hydrogens is 220 g/mol. The summed E-state index contributed by atoms with van der Waals surface area (Å²) in [6, 6.07) is 5.31. The fourth-order valence-corrected chi connectivity index (χ4v) is 2.46. The van der Waals surface area contributed by atoms with Crippen molar-refractivity contribution in [2.45, 2.75) is 6.92 Å². The molecule has 0 aliphatic heterocycles. The van der Waals surface area contributed by atoms with E-state index in [1.807, 2.05) is 19.1 Å². The van der Waals surface area contributed by atoms with E-state index in [4.69, 9.17) is 16.3 Å². The van der Waals surface area contributed by atoms with Gasteiger partial charge >= 0.3 is 0 Å². The number of thiophene rings is 1. The van der Waals surface area contributed by atoms with E-state index in [0.717, 1.165) is 10.1 Å². The maximum atomic E-state index is 9.59. The van der Waals surface area contributed by atoms with E-state index in [1.54, 1.807) is 6.07 Å². The fourth-order valence-electron chi connectivity index (χ4n) is 1.29. The summed E-state index contributed by atoms with van der Waals surface area (Å²) in [6.45, 7) is 2.42. The summed E-state index contributed by atoms with van der Waals surface area (Å²) in [5.41, 5.74) is 0. The molecule has 0 fully saturated rings. The van der Waals surface area contributed by atoms with Crippen LogP contribution in [-0.4, -0.2) is 11.7 Å². The Morgan fingerprint density at radius 1 is 1.43 bits per heavy atom. The zero-order valence-corrected chi connectivity index (χ0v) is 9.15. The Bertz CT molecular complexity index is 464. The van der Waals surface area contributed by atoms with E-state index in [9.17, 15) is 5.11 Å². The van der Waals surface area contributed by atoms with Crippen LogP contribution in [0.15, 0.2) is 18.2 Å². The van der Waals surface area contributed by atoms with Crippen molar-refractivity contribution in [3.63, 3.8) is 0 Å². The second kappa shape index (κ2) is 3.67. The van der Waals surface area contributed by atoms with Crippen LogP contribution in [0.1, 0.15) is 6.92 Å². The van der Waals surface area contributed by atoms with Crippen molar-refractivity contribution in [1.82, 2.24) is 0 Å². The van der Waals surface area contributed by atoms with Crippen LogP contribution in [0, 0.1) is 0 Å². The van der Waals surface area contributed by atoms with Gasteiger partial charge in [-0.1, -0.05) is 11.6 Å². The van der Waals surface area contributed by atoms with Crippen molar-refractivity contribution in [2.24, 2.45) is 0 Å². The summed E-state index contributed by atoms with van der Waals surface area (Å²) in [5, 5.41) is 10.5. The third-order valence-electron chi connectivity index (χ3n) is 1.87. The van der Waals surface area contributed by atoms with Crippen molar-refractivity contribution in [2.75, 3.05) is 6.61 Å². The molecule has 0 radical (unpaired) electrons. The molecule has 0 unspecified atom stereocenters. The second-order valence-electron chi connectivity index (χ2n) is 2.84. The van der Waals surface area contributed by atoms with Crippen LogP contribution in [0.2, 0.25) is 4.34 Å². The van der Waals surface area contributed by atoms with E-state index >= 15 is 0 Å². The number of hydrogen-bond acceptors (Lipinski definition) is 3. The minimum atomic E-state index is 0.161. The van der Waals surface area contributed by atoms with Gasteiger partial charge in [0.15, 0.2) is 11.5 Å². The first kappa shape index (κ1) is 9.62. The molecule has 1 aromatic carbocycles. The van der Waals surface area contributed by atoms with Crippen molar-refractivity contribution >= 4 is 33.0 Å². The summed E-state index contributed by atoms with van der Waals surface area (Å²) in [6.07, 6.45) is 0. The molecule has 14 heavy (non-hydrogen) atoms. The van der Waals surface area contributed by atoms with Gasteiger partial charge in [0.2, 0.25) is 0 Å². The monoisotopic (exact) mass is 228 g/mol. The average Bonchev–Trinajstić information content (AvgIpc) is 2.45. The maximum absolute atomic E-state index is 9.59. The Hall–Kier alpha value is -0.930. The molecule has 1 heterocycles. The lowest BCUT2D eigenvalue weighted by atomic mass is 10.2. The highest BCUT2D eigenvalue weighted by Crippen LogP contribution is 2.37. The number of phenols is 1. The van der Waals surface area contributed by atoms with E-state index < -0.39 is 0 Å². The SMILES string of the molecule is CCOc1cc2sc(Cl)cc2cc1O. The first-order valence-corrected chi connectivity index (χ1v) is 5.45. The minimum absolute atomic E-state index is 0.161. The van der Waals surface area contributed by atoms with Gasteiger partial charge in [-0.3, -0.25) is 0 Å². The molecule has 0 aliphatic carbocycles.